The zero-order valence-electron chi connectivity index (χ0n) is 60.2. The van der Waals surface area contributed by atoms with E-state index >= 15 is 0 Å². The van der Waals surface area contributed by atoms with E-state index in [0.717, 1.165) is 49.8 Å². The molecule has 2 saturated carbocycles. The fraction of sp³-hybridized carbons (Fsp3) is 0.538. The van der Waals surface area contributed by atoms with Gasteiger partial charge in [0.15, 0.2) is 23.7 Å². The molecule has 0 radical (unpaired) electrons. The molecule has 6 aromatic rings. The zero-order chi connectivity index (χ0) is 73.1. The Morgan fingerprint density at radius 1 is 0.571 bits per heavy atom. The molecule has 0 bridgehead atoms. The molecule has 0 amide bonds. The van der Waals surface area contributed by atoms with Crippen molar-refractivity contribution < 1.29 is 81.5 Å². The van der Waals surface area contributed by atoms with Gasteiger partial charge < -0.3 is 37.5 Å². The summed E-state index contributed by atoms with van der Waals surface area (Å²) in [6.07, 6.45) is 17.1. The van der Waals surface area contributed by atoms with Gasteiger partial charge in [0.1, 0.15) is 56.3 Å². The third-order valence-electron chi connectivity index (χ3n) is 18.6. The maximum absolute atomic E-state index is 13.8. The average Bonchev–Trinajstić information content (AvgIpc) is 0.774. The SMILES string of the molecule is CCC(C)(C)C(=O)OC1CCCCC1.CCC(C)c1ccc(C(=O)OC(C)(C)C2CCCCC2)cc1.CCC(C)c1ccc(O)cc1.CCC(C)c1ccc(OS(=O)(=O)CCOc2c(F)c(F)c(S(=O)(=O)[O-])c(F)c2F)cc1.CCOC(C)Oc1ccc2cc(C(C)CC)ccc2c1. The topological polar surface area (TPSA) is 201 Å². The van der Waals surface area contributed by atoms with E-state index in [1.807, 2.05) is 78.8 Å². The van der Waals surface area contributed by atoms with Crippen LogP contribution in [0.5, 0.6) is 23.0 Å². The highest BCUT2D eigenvalue weighted by Crippen LogP contribution is 2.37. The summed E-state index contributed by atoms with van der Waals surface area (Å²) in [6.45, 7) is 30.8. The van der Waals surface area contributed by atoms with Gasteiger partial charge in [-0.1, -0.05) is 149 Å². The van der Waals surface area contributed by atoms with Gasteiger partial charge in [-0.25, -0.2) is 22.0 Å². The number of aromatic hydroxyl groups is 1. The van der Waals surface area contributed by atoms with Gasteiger partial charge in [0.2, 0.25) is 11.6 Å². The van der Waals surface area contributed by atoms with Crippen LogP contribution in [0.1, 0.15) is 256 Å². The van der Waals surface area contributed by atoms with Crippen molar-refractivity contribution in [2.75, 3.05) is 19.0 Å². The van der Waals surface area contributed by atoms with Crippen molar-refractivity contribution in [3.63, 3.8) is 0 Å². The molecule has 2 aliphatic carbocycles. The molecule has 6 aromatic carbocycles. The van der Waals surface area contributed by atoms with Gasteiger partial charge >= 0.3 is 22.1 Å². The lowest BCUT2D eigenvalue weighted by Crippen LogP contribution is -2.37. The normalized spacial score (nSPS) is 15.3. The molecular weight excluding hydrogens is 1300 g/mol. The molecule has 20 heteroatoms. The smallest absolute Gasteiger partial charge is 0.338 e. The number of halogens is 4. The molecule has 5 atom stereocenters. The highest BCUT2D eigenvalue weighted by atomic mass is 32.2. The van der Waals surface area contributed by atoms with Crippen LogP contribution in [0.2, 0.25) is 0 Å². The molecule has 2 fully saturated rings. The number of carbonyl (C=O) groups excluding carboxylic acids is 2. The van der Waals surface area contributed by atoms with Crippen molar-refractivity contribution >= 4 is 42.9 Å². The van der Waals surface area contributed by atoms with Gasteiger partial charge in [-0.15, -0.1) is 0 Å². The van der Waals surface area contributed by atoms with Gasteiger partial charge in [0.05, 0.1) is 11.0 Å². The second-order valence-electron chi connectivity index (χ2n) is 26.7. The lowest BCUT2D eigenvalue weighted by molar-refractivity contribution is -0.161. The summed E-state index contributed by atoms with van der Waals surface area (Å²) in [5.74, 6) is -8.82. The maximum Gasteiger partial charge on any atom is 0.338 e. The first kappa shape index (κ1) is 83.7. The van der Waals surface area contributed by atoms with Crippen LogP contribution in [0.25, 0.3) is 10.8 Å². The monoisotopic (exact) mass is 1410 g/mol. The molecule has 8 rings (SSSR count). The van der Waals surface area contributed by atoms with Crippen LogP contribution in [0.15, 0.2) is 114 Å². The van der Waals surface area contributed by atoms with Crippen LogP contribution in [-0.4, -0.2) is 75.4 Å². The number of ether oxygens (including phenoxy) is 5. The summed E-state index contributed by atoms with van der Waals surface area (Å²) >= 11 is 0. The van der Waals surface area contributed by atoms with Gasteiger partial charge in [-0.3, -0.25) is 4.79 Å². The molecule has 2 aliphatic rings. The number of hydrogen-bond acceptors (Lipinski definition) is 14. The fourth-order valence-electron chi connectivity index (χ4n) is 10.8. The highest BCUT2D eigenvalue weighted by Gasteiger charge is 2.35. The zero-order valence-corrected chi connectivity index (χ0v) is 61.9. The fourth-order valence-corrected chi connectivity index (χ4v) is 12.2. The first-order chi connectivity index (χ1) is 46.1. The second-order valence-corrected chi connectivity index (χ2v) is 29.7. The molecule has 14 nitrogen and oxygen atoms in total. The average molecular weight is 1410 g/mol. The summed E-state index contributed by atoms with van der Waals surface area (Å²) in [6, 6.07) is 34.4. The molecule has 0 spiro atoms. The number of phenolic OH excluding ortho intramolecular Hbond substituents is 1. The molecule has 0 aromatic heterocycles. The number of fused-ring (bicyclic) bond motifs is 1. The second kappa shape index (κ2) is 39.9. The van der Waals surface area contributed by atoms with Crippen molar-refractivity contribution in [1.82, 2.24) is 0 Å². The van der Waals surface area contributed by atoms with Crippen molar-refractivity contribution in [1.29, 1.82) is 0 Å². The summed E-state index contributed by atoms with van der Waals surface area (Å²) < 4.78 is 143. The van der Waals surface area contributed by atoms with Gasteiger partial charge in [-0.05, 0) is 223 Å². The quantitative estimate of drug-likeness (QED) is 0.0142. The van der Waals surface area contributed by atoms with E-state index in [-0.39, 0.29) is 47.0 Å². The summed E-state index contributed by atoms with van der Waals surface area (Å²) in [7, 11) is -10.2. The van der Waals surface area contributed by atoms with Gasteiger partial charge in [0.25, 0.3) is 0 Å². The Hall–Kier alpha value is -6.74. The van der Waals surface area contributed by atoms with Crippen LogP contribution < -0.4 is 13.7 Å². The first-order valence-electron chi connectivity index (χ1n) is 34.8. The molecule has 0 aliphatic heterocycles. The Morgan fingerprint density at radius 2 is 1.01 bits per heavy atom. The predicted molar refractivity (Wildman–Crippen MR) is 379 cm³/mol. The number of phenols is 1. The van der Waals surface area contributed by atoms with Crippen LogP contribution in [0, 0.1) is 34.6 Å². The molecule has 5 unspecified atom stereocenters. The van der Waals surface area contributed by atoms with E-state index in [1.165, 1.54) is 97.4 Å². The predicted octanol–water partition coefficient (Wildman–Crippen LogP) is 20.5. The van der Waals surface area contributed by atoms with Crippen molar-refractivity contribution in [2.24, 2.45) is 11.3 Å². The number of hydrogen-bond donors (Lipinski definition) is 1. The van der Waals surface area contributed by atoms with Gasteiger partial charge in [0, 0.05) is 6.61 Å². The van der Waals surface area contributed by atoms with E-state index in [4.69, 9.17) is 28.2 Å². The minimum Gasteiger partial charge on any atom is -0.744 e. The minimum atomic E-state index is -5.87. The Morgan fingerprint density at radius 3 is 1.49 bits per heavy atom. The lowest BCUT2D eigenvalue weighted by Gasteiger charge is -2.36. The Balaban J connectivity index is 0.000000271. The maximum atomic E-state index is 13.8. The standard InChI is InChI=1S/C20H30O2.C18H18F4O7S2.C18H24O2.C12H22O2.C10H14O/c1-5-15(2)16-11-13-17(14-12-16)19(21)22-20(3,4)18-9-7-6-8-10-18;1-3-10(2)11-4-6-12(7-5-11)29-30(23,24)9-8-28-17-13(19)15(21)18(31(25,26)27)16(22)14(17)20;1-5-13(3)15-7-8-17-12-18(10-9-16(17)11-15)20-14(4)19-6-2;1-4-12(2,3)11(13)14-10-8-6-5-7-9-10;1-3-8(2)9-4-6-10(11)7-5-9/h11-15,18H,5-10H2,1-4H3;4-7,10H,3,8-9H2,1-2H3,(H,25,26,27);7-14H,5-6H2,1-4H3;10H,4-9H2,1-3H3;4-8,11H,3H2,1-2H3/p-1. The van der Waals surface area contributed by atoms with E-state index in [9.17, 15) is 48.5 Å². The van der Waals surface area contributed by atoms with Crippen LogP contribution in [0.4, 0.5) is 17.6 Å². The van der Waals surface area contributed by atoms with E-state index in [0.29, 0.717) is 41.6 Å². The van der Waals surface area contributed by atoms with Gasteiger partial charge in [-0.2, -0.15) is 17.2 Å². The molecule has 544 valence electrons. The summed E-state index contributed by atoms with van der Waals surface area (Å²) in [5, 5.41) is 11.5. The molecular formula is C78H107F4O14S2-. The van der Waals surface area contributed by atoms with E-state index in [2.05, 4.69) is 103 Å². The van der Waals surface area contributed by atoms with Crippen LogP contribution in [-0.2, 0) is 39.2 Å². The molecule has 98 heavy (non-hydrogen) atoms. The Labute approximate surface area is 581 Å². The third kappa shape index (κ3) is 26.4. The molecule has 0 heterocycles. The number of benzene rings is 6. The third-order valence-corrected chi connectivity index (χ3v) is 20.6. The van der Waals surface area contributed by atoms with Crippen LogP contribution in [0.3, 0.4) is 0 Å². The Kier molecular flexibility index (Phi) is 34.1. The summed E-state index contributed by atoms with van der Waals surface area (Å²) in [5.41, 5.74) is 4.92. The number of carbonyl (C=O) groups is 2. The highest BCUT2D eigenvalue weighted by molar-refractivity contribution is 7.87. The van der Waals surface area contributed by atoms with Crippen molar-refractivity contribution in [3.8, 4) is 23.0 Å². The lowest BCUT2D eigenvalue weighted by atomic mass is 9.79. The summed E-state index contributed by atoms with van der Waals surface area (Å²) in [4.78, 5) is 21.8. The van der Waals surface area contributed by atoms with Crippen molar-refractivity contribution in [2.45, 2.75) is 247 Å². The number of esters is 2. The molecule has 0 saturated heterocycles. The largest absolute Gasteiger partial charge is 0.744 e. The Bertz CT molecular complexity index is 3620. The van der Waals surface area contributed by atoms with E-state index in [1.54, 1.807) is 24.3 Å². The minimum absolute atomic E-state index is 0.0214. The number of rotatable bonds is 25. The van der Waals surface area contributed by atoms with Crippen LogP contribution >= 0.6 is 0 Å². The molecule has 1 N–H and O–H groups in total. The first-order valence-corrected chi connectivity index (χ1v) is 37.8. The van der Waals surface area contributed by atoms with Crippen molar-refractivity contribution in [3.05, 3.63) is 160 Å². The van der Waals surface area contributed by atoms with E-state index < -0.39 is 66.5 Å².